The van der Waals surface area contributed by atoms with Gasteiger partial charge >= 0.3 is 0 Å². The highest BCUT2D eigenvalue weighted by Crippen LogP contribution is 2.48. The number of nitrogens with one attached hydrogen (secondary N) is 2. The Morgan fingerprint density at radius 2 is 2.00 bits per heavy atom. The van der Waals surface area contributed by atoms with Gasteiger partial charge in [0.2, 0.25) is 5.91 Å². The predicted molar refractivity (Wildman–Crippen MR) is 76.2 cm³/mol. The molecule has 4 nitrogen and oxygen atoms in total. The van der Waals surface area contributed by atoms with Crippen LogP contribution in [-0.4, -0.2) is 38.8 Å². The SMILES string of the molecule is CCC1(CC)C(NC(=O)CCNC)CC1OC.Cl. The quantitative estimate of drug-likeness (QED) is 0.746. The molecule has 1 aliphatic rings. The smallest absolute Gasteiger partial charge is 0.221 e. The van der Waals surface area contributed by atoms with Crippen molar-refractivity contribution in [3.63, 3.8) is 0 Å². The molecule has 0 heterocycles. The average molecular weight is 279 g/mol. The fourth-order valence-corrected chi connectivity index (χ4v) is 2.98. The van der Waals surface area contributed by atoms with Crippen molar-refractivity contribution in [1.29, 1.82) is 0 Å². The van der Waals surface area contributed by atoms with Gasteiger partial charge in [-0.25, -0.2) is 0 Å². The van der Waals surface area contributed by atoms with Crippen LogP contribution in [0, 0.1) is 5.41 Å². The Balaban J connectivity index is 0.00000289. The van der Waals surface area contributed by atoms with Crippen molar-refractivity contribution in [2.45, 2.75) is 51.7 Å². The molecule has 1 rings (SSSR count). The van der Waals surface area contributed by atoms with Crippen LogP contribution >= 0.6 is 12.4 Å². The third kappa shape index (κ3) is 3.37. The molecular weight excluding hydrogens is 252 g/mol. The van der Waals surface area contributed by atoms with Gasteiger partial charge in [0, 0.05) is 31.5 Å². The molecule has 0 aromatic heterocycles. The van der Waals surface area contributed by atoms with Crippen LogP contribution in [0.4, 0.5) is 0 Å². The molecule has 18 heavy (non-hydrogen) atoms. The minimum absolute atomic E-state index is 0. The maximum Gasteiger partial charge on any atom is 0.221 e. The fraction of sp³-hybridized carbons (Fsp3) is 0.923. The van der Waals surface area contributed by atoms with Gasteiger partial charge in [-0.2, -0.15) is 0 Å². The summed E-state index contributed by atoms with van der Waals surface area (Å²) >= 11 is 0. The molecule has 108 valence electrons. The molecule has 0 aromatic carbocycles. The van der Waals surface area contributed by atoms with Gasteiger partial charge in [-0.3, -0.25) is 4.79 Å². The molecule has 5 heteroatoms. The number of methoxy groups -OCH3 is 1. The minimum atomic E-state index is 0. The molecule has 0 aliphatic heterocycles. The van der Waals surface area contributed by atoms with Crippen molar-refractivity contribution in [3.8, 4) is 0 Å². The van der Waals surface area contributed by atoms with E-state index in [2.05, 4.69) is 24.5 Å². The van der Waals surface area contributed by atoms with E-state index in [0.29, 0.717) is 12.5 Å². The summed E-state index contributed by atoms with van der Waals surface area (Å²) in [5.41, 5.74) is 0.143. The molecular formula is C13H27ClN2O2. The van der Waals surface area contributed by atoms with E-state index in [9.17, 15) is 4.79 Å². The topological polar surface area (TPSA) is 50.4 Å². The molecule has 2 atom stereocenters. The molecule has 2 unspecified atom stereocenters. The summed E-state index contributed by atoms with van der Waals surface area (Å²) in [6.45, 7) is 5.10. The Hall–Kier alpha value is -0.320. The first kappa shape index (κ1) is 17.7. The number of amides is 1. The molecule has 1 fully saturated rings. The first-order valence-electron chi connectivity index (χ1n) is 6.61. The van der Waals surface area contributed by atoms with E-state index in [1.807, 2.05) is 7.05 Å². The highest BCUT2D eigenvalue weighted by Gasteiger charge is 2.53. The Morgan fingerprint density at radius 1 is 1.39 bits per heavy atom. The Kier molecular flexibility index (Phi) is 7.83. The number of ether oxygens (including phenoxy) is 1. The van der Waals surface area contributed by atoms with E-state index >= 15 is 0 Å². The lowest BCUT2D eigenvalue weighted by atomic mass is 9.58. The highest BCUT2D eigenvalue weighted by atomic mass is 35.5. The van der Waals surface area contributed by atoms with Gasteiger partial charge in [-0.05, 0) is 26.3 Å². The zero-order valence-electron chi connectivity index (χ0n) is 11.9. The van der Waals surface area contributed by atoms with Crippen LogP contribution in [0.2, 0.25) is 0 Å². The first-order valence-corrected chi connectivity index (χ1v) is 6.61. The molecule has 0 radical (unpaired) electrons. The predicted octanol–water partition coefficient (Wildman–Crippen LogP) is 1.73. The van der Waals surface area contributed by atoms with E-state index in [1.54, 1.807) is 7.11 Å². The number of hydrogen-bond acceptors (Lipinski definition) is 3. The lowest BCUT2D eigenvalue weighted by molar-refractivity contribution is -0.141. The van der Waals surface area contributed by atoms with Gasteiger partial charge in [-0.15, -0.1) is 12.4 Å². The molecule has 1 saturated carbocycles. The summed E-state index contributed by atoms with van der Waals surface area (Å²) in [6.07, 6.45) is 3.90. The summed E-state index contributed by atoms with van der Waals surface area (Å²) in [5, 5.41) is 6.14. The van der Waals surface area contributed by atoms with Gasteiger partial charge in [0.05, 0.1) is 6.10 Å². The Bertz CT molecular complexity index is 257. The van der Waals surface area contributed by atoms with Crippen molar-refractivity contribution in [2.75, 3.05) is 20.7 Å². The van der Waals surface area contributed by atoms with Gasteiger partial charge in [-0.1, -0.05) is 13.8 Å². The maximum absolute atomic E-state index is 11.7. The van der Waals surface area contributed by atoms with E-state index < -0.39 is 0 Å². The largest absolute Gasteiger partial charge is 0.381 e. The molecule has 0 saturated heterocycles. The minimum Gasteiger partial charge on any atom is -0.381 e. The number of carbonyl (C=O) groups excluding carboxylic acids is 1. The zero-order chi connectivity index (χ0) is 12.9. The van der Waals surface area contributed by atoms with Gasteiger partial charge < -0.3 is 15.4 Å². The van der Waals surface area contributed by atoms with E-state index in [4.69, 9.17) is 4.74 Å². The molecule has 2 N–H and O–H groups in total. The molecule has 1 amide bonds. The summed E-state index contributed by atoms with van der Waals surface area (Å²) < 4.78 is 5.51. The first-order chi connectivity index (χ1) is 8.14. The van der Waals surface area contributed by atoms with Crippen LogP contribution in [0.1, 0.15) is 39.5 Å². The van der Waals surface area contributed by atoms with Crippen LogP contribution < -0.4 is 10.6 Å². The van der Waals surface area contributed by atoms with E-state index in [-0.39, 0.29) is 29.8 Å². The standard InChI is InChI=1S/C13H26N2O2.ClH/c1-5-13(6-2)10(9-11(13)17-4)15-12(16)7-8-14-3;/h10-11,14H,5-9H2,1-4H3,(H,15,16);1H. The third-order valence-corrected chi connectivity index (χ3v) is 4.32. The monoisotopic (exact) mass is 278 g/mol. The van der Waals surface area contributed by atoms with Crippen LogP contribution in [0.3, 0.4) is 0 Å². The second-order valence-electron chi connectivity index (χ2n) is 4.87. The van der Waals surface area contributed by atoms with Crippen LogP contribution in [0.5, 0.6) is 0 Å². The Labute approximate surface area is 117 Å². The van der Waals surface area contributed by atoms with Gasteiger partial charge in [0.25, 0.3) is 0 Å². The zero-order valence-corrected chi connectivity index (χ0v) is 12.7. The van der Waals surface area contributed by atoms with Crippen molar-refractivity contribution >= 4 is 18.3 Å². The van der Waals surface area contributed by atoms with Crippen molar-refractivity contribution in [2.24, 2.45) is 5.41 Å². The number of hydrogen-bond donors (Lipinski definition) is 2. The maximum atomic E-state index is 11.7. The van der Waals surface area contributed by atoms with Crippen LogP contribution in [0.25, 0.3) is 0 Å². The van der Waals surface area contributed by atoms with Crippen LogP contribution in [-0.2, 0) is 9.53 Å². The molecule has 0 spiro atoms. The summed E-state index contributed by atoms with van der Waals surface area (Å²) in [6, 6.07) is 0.284. The van der Waals surface area contributed by atoms with Crippen molar-refractivity contribution < 1.29 is 9.53 Å². The van der Waals surface area contributed by atoms with Crippen molar-refractivity contribution in [1.82, 2.24) is 10.6 Å². The lowest BCUT2D eigenvalue weighted by Gasteiger charge is -2.55. The second-order valence-corrected chi connectivity index (χ2v) is 4.87. The molecule has 0 aromatic rings. The lowest BCUT2D eigenvalue weighted by Crippen LogP contribution is -2.64. The van der Waals surface area contributed by atoms with Gasteiger partial charge in [0.1, 0.15) is 0 Å². The fourth-order valence-electron chi connectivity index (χ4n) is 2.98. The third-order valence-electron chi connectivity index (χ3n) is 4.32. The number of rotatable bonds is 7. The van der Waals surface area contributed by atoms with E-state index in [0.717, 1.165) is 25.8 Å². The van der Waals surface area contributed by atoms with E-state index in [1.165, 1.54) is 0 Å². The molecule has 0 bridgehead atoms. The van der Waals surface area contributed by atoms with Crippen LogP contribution in [0.15, 0.2) is 0 Å². The summed E-state index contributed by atoms with van der Waals surface area (Å²) in [5.74, 6) is 0.144. The summed E-state index contributed by atoms with van der Waals surface area (Å²) in [7, 11) is 3.63. The number of halogens is 1. The molecule has 1 aliphatic carbocycles. The second kappa shape index (κ2) is 7.97. The normalized spacial score (nSPS) is 24.9. The summed E-state index contributed by atoms with van der Waals surface area (Å²) in [4.78, 5) is 11.7. The van der Waals surface area contributed by atoms with Gasteiger partial charge in [0.15, 0.2) is 0 Å². The Morgan fingerprint density at radius 3 is 2.44 bits per heavy atom. The highest BCUT2D eigenvalue weighted by molar-refractivity contribution is 5.85. The number of carbonyl (C=O) groups is 1. The average Bonchev–Trinajstić information content (AvgIpc) is 2.33. The van der Waals surface area contributed by atoms with Crippen molar-refractivity contribution in [3.05, 3.63) is 0 Å².